The first-order valence-electron chi connectivity index (χ1n) is 8.83. The molecule has 1 aliphatic carbocycles. The van der Waals surface area contributed by atoms with Crippen molar-refractivity contribution in [3.05, 3.63) is 0 Å². The number of rotatable bonds is 1. The fourth-order valence-corrected chi connectivity index (χ4v) is 4.77. The summed E-state index contributed by atoms with van der Waals surface area (Å²) in [5.74, 6) is 0.881. The van der Waals surface area contributed by atoms with Gasteiger partial charge in [0.2, 0.25) is 0 Å². The molecule has 2 bridgehead atoms. The normalized spacial score (nSPS) is 41.0. The molecule has 0 spiro atoms. The minimum Gasteiger partial charge on any atom is -0.464 e. The molecule has 3 nitrogen and oxygen atoms in total. The van der Waals surface area contributed by atoms with E-state index in [0.29, 0.717) is 18.4 Å². The Hall–Kier alpha value is -0.570. The molecule has 4 aliphatic rings. The van der Waals surface area contributed by atoms with Gasteiger partial charge in [0.1, 0.15) is 0 Å². The molecule has 3 heteroatoms. The van der Waals surface area contributed by atoms with Gasteiger partial charge in [-0.15, -0.1) is 0 Å². The van der Waals surface area contributed by atoms with Crippen LogP contribution in [0.3, 0.4) is 0 Å². The van der Waals surface area contributed by atoms with Gasteiger partial charge in [-0.3, -0.25) is 0 Å². The average molecular weight is 294 g/mol. The molecule has 3 saturated heterocycles. The summed E-state index contributed by atoms with van der Waals surface area (Å²) in [7, 11) is 0. The second-order valence-electron chi connectivity index (χ2n) is 8.01. The maximum Gasteiger partial charge on any atom is 0.339 e. The van der Waals surface area contributed by atoms with Crippen LogP contribution in [-0.2, 0) is 14.3 Å². The van der Waals surface area contributed by atoms with Crippen molar-refractivity contribution in [3.63, 3.8) is 0 Å². The third-order valence-electron chi connectivity index (χ3n) is 6.34. The SMILES string of the molecule is C[C@@H]1CCOC(=O)[C@@]2(C3CCCCC3)O[C@@H](CC1)C2(C)C. The summed E-state index contributed by atoms with van der Waals surface area (Å²) in [4.78, 5) is 12.9. The third-order valence-corrected chi connectivity index (χ3v) is 6.34. The summed E-state index contributed by atoms with van der Waals surface area (Å²) in [5, 5.41) is 0. The molecule has 0 radical (unpaired) electrons. The number of hydrogen-bond acceptors (Lipinski definition) is 3. The molecular formula is C18H30O3. The summed E-state index contributed by atoms with van der Waals surface area (Å²) < 4.78 is 12.0. The van der Waals surface area contributed by atoms with Crippen molar-refractivity contribution in [1.29, 1.82) is 0 Å². The molecule has 21 heavy (non-hydrogen) atoms. The zero-order chi connectivity index (χ0) is 15.1. The van der Waals surface area contributed by atoms with Crippen molar-refractivity contribution in [1.82, 2.24) is 0 Å². The number of ether oxygens (including phenoxy) is 2. The van der Waals surface area contributed by atoms with Crippen LogP contribution in [0.25, 0.3) is 0 Å². The molecule has 4 rings (SSSR count). The first-order chi connectivity index (χ1) is 9.98. The lowest BCUT2D eigenvalue weighted by Gasteiger charge is -2.63. The number of hydrogen-bond donors (Lipinski definition) is 0. The van der Waals surface area contributed by atoms with E-state index in [9.17, 15) is 4.79 Å². The second kappa shape index (κ2) is 5.57. The molecule has 0 aromatic heterocycles. The van der Waals surface area contributed by atoms with Crippen LogP contribution in [-0.4, -0.2) is 24.3 Å². The quantitative estimate of drug-likeness (QED) is 0.683. The molecule has 120 valence electrons. The lowest BCUT2D eigenvalue weighted by Crippen LogP contribution is -2.74. The van der Waals surface area contributed by atoms with Crippen LogP contribution in [0.5, 0.6) is 0 Å². The van der Waals surface area contributed by atoms with Gasteiger partial charge in [-0.05, 0) is 43.9 Å². The highest BCUT2D eigenvalue weighted by Crippen LogP contribution is 2.59. The van der Waals surface area contributed by atoms with Gasteiger partial charge in [0, 0.05) is 5.41 Å². The van der Waals surface area contributed by atoms with E-state index >= 15 is 0 Å². The molecule has 0 unspecified atom stereocenters. The predicted octanol–water partition coefficient (Wildman–Crippen LogP) is 4.09. The average Bonchev–Trinajstić information content (AvgIpc) is 2.47. The van der Waals surface area contributed by atoms with E-state index < -0.39 is 5.60 Å². The second-order valence-corrected chi connectivity index (χ2v) is 8.01. The molecular weight excluding hydrogens is 264 g/mol. The van der Waals surface area contributed by atoms with Crippen LogP contribution < -0.4 is 0 Å². The van der Waals surface area contributed by atoms with Gasteiger partial charge in [-0.1, -0.05) is 40.0 Å². The van der Waals surface area contributed by atoms with Crippen molar-refractivity contribution in [2.45, 2.75) is 83.8 Å². The first kappa shape index (κ1) is 15.3. The summed E-state index contributed by atoms with van der Waals surface area (Å²) in [5.41, 5.74) is -0.762. The third kappa shape index (κ3) is 2.32. The van der Waals surface area contributed by atoms with Gasteiger partial charge < -0.3 is 9.47 Å². The number of carbonyl (C=O) groups is 1. The number of esters is 1. The first-order valence-corrected chi connectivity index (χ1v) is 8.83. The molecule has 3 heterocycles. The number of fused-ring (bicyclic) bond motifs is 6. The fraction of sp³-hybridized carbons (Fsp3) is 0.944. The molecule has 4 fully saturated rings. The highest BCUT2D eigenvalue weighted by Gasteiger charge is 2.69. The highest BCUT2D eigenvalue weighted by molar-refractivity contribution is 5.83. The fourth-order valence-electron chi connectivity index (χ4n) is 4.77. The van der Waals surface area contributed by atoms with E-state index in [1.807, 2.05) is 0 Å². The minimum absolute atomic E-state index is 0.0789. The molecule has 1 saturated carbocycles. The topological polar surface area (TPSA) is 35.5 Å². The lowest BCUT2D eigenvalue weighted by atomic mass is 9.56. The molecule has 0 aromatic rings. The Morgan fingerprint density at radius 2 is 1.71 bits per heavy atom. The maximum absolute atomic E-state index is 12.9. The molecule has 0 amide bonds. The summed E-state index contributed by atoms with van der Waals surface area (Å²) in [6.07, 6.45) is 9.42. The maximum atomic E-state index is 12.9. The van der Waals surface area contributed by atoms with Crippen LogP contribution in [0, 0.1) is 17.3 Å². The predicted molar refractivity (Wildman–Crippen MR) is 81.9 cm³/mol. The van der Waals surface area contributed by atoms with Crippen LogP contribution in [0.1, 0.15) is 72.1 Å². The molecule has 0 aromatic carbocycles. The minimum atomic E-state index is -0.668. The van der Waals surface area contributed by atoms with Crippen molar-refractivity contribution in [3.8, 4) is 0 Å². The molecule has 0 N–H and O–H groups in total. The van der Waals surface area contributed by atoms with Crippen LogP contribution in [0.15, 0.2) is 0 Å². The van der Waals surface area contributed by atoms with E-state index in [1.54, 1.807) is 0 Å². The van der Waals surface area contributed by atoms with Gasteiger partial charge in [0.05, 0.1) is 12.7 Å². The zero-order valence-electron chi connectivity index (χ0n) is 13.8. The Labute approximate surface area is 128 Å². The van der Waals surface area contributed by atoms with E-state index in [0.717, 1.165) is 25.7 Å². The standard InChI is InChI=1S/C18H30O3/c1-13-9-10-15-17(2,3)18(21-15,16(19)20-12-11-13)14-7-5-4-6-8-14/h13-15H,4-12H2,1-3H3/t13-,15-,18+/m0/s1. The lowest BCUT2D eigenvalue weighted by molar-refractivity contribution is -0.327. The van der Waals surface area contributed by atoms with Crippen molar-refractivity contribution in [2.24, 2.45) is 17.3 Å². The van der Waals surface area contributed by atoms with E-state index in [4.69, 9.17) is 9.47 Å². The molecule has 3 atom stereocenters. The van der Waals surface area contributed by atoms with Gasteiger partial charge in [-0.25, -0.2) is 4.79 Å². The molecule has 3 aliphatic heterocycles. The number of carbonyl (C=O) groups excluding carboxylic acids is 1. The van der Waals surface area contributed by atoms with Gasteiger partial charge in [-0.2, -0.15) is 0 Å². The Morgan fingerprint density at radius 3 is 2.38 bits per heavy atom. The summed E-state index contributed by atoms with van der Waals surface area (Å²) >= 11 is 0. The summed E-state index contributed by atoms with van der Waals surface area (Å²) in [6.45, 7) is 7.25. The largest absolute Gasteiger partial charge is 0.464 e. The van der Waals surface area contributed by atoms with Crippen LogP contribution >= 0.6 is 0 Å². The van der Waals surface area contributed by atoms with E-state index in [2.05, 4.69) is 20.8 Å². The van der Waals surface area contributed by atoms with Crippen molar-refractivity contribution < 1.29 is 14.3 Å². The summed E-state index contributed by atoms with van der Waals surface area (Å²) in [6, 6.07) is 0. The Morgan fingerprint density at radius 1 is 1.00 bits per heavy atom. The van der Waals surface area contributed by atoms with Gasteiger partial charge in [0.15, 0.2) is 5.60 Å². The zero-order valence-corrected chi connectivity index (χ0v) is 13.8. The monoisotopic (exact) mass is 294 g/mol. The van der Waals surface area contributed by atoms with Gasteiger partial charge in [0.25, 0.3) is 0 Å². The highest BCUT2D eigenvalue weighted by atomic mass is 16.6. The Kier molecular flexibility index (Phi) is 4.06. The van der Waals surface area contributed by atoms with E-state index in [1.165, 1.54) is 25.7 Å². The Bertz CT molecular complexity index is 397. The van der Waals surface area contributed by atoms with Crippen LogP contribution in [0.2, 0.25) is 0 Å². The van der Waals surface area contributed by atoms with E-state index in [-0.39, 0.29) is 17.5 Å². The van der Waals surface area contributed by atoms with Crippen molar-refractivity contribution >= 4 is 5.97 Å². The van der Waals surface area contributed by atoms with Gasteiger partial charge >= 0.3 is 5.97 Å². The smallest absolute Gasteiger partial charge is 0.339 e. The van der Waals surface area contributed by atoms with Crippen LogP contribution in [0.4, 0.5) is 0 Å². The Balaban J connectivity index is 1.87. The van der Waals surface area contributed by atoms with Crippen molar-refractivity contribution in [2.75, 3.05) is 6.61 Å².